The van der Waals surface area contributed by atoms with Crippen LogP contribution in [0.25, 0.3) is 0 Å². The van der Waals surface area contributed by atoms with E-state index in [2.05, 4.69) is 17.2 Å². The van der Waals surface area contributed by atoms with Gasteiger partial charge in [0.05, 0.1) is 0 Å². The number of aromatic nitrogens is 1. The molecule has 3 nitrogen and oxygen atoms in total. The van der Waals surface area contributed by atoms with E-state index >= 15 is 0 Å². The van der Waals surface area contributed by atoms with Gasteiger partial charge in [-0.05, 0) is 6.42 Å². The second-order valence-corrected chi connectivity index (χ2v) is 3.74. The van der Waals surface area contributed by atoms with Crippen LogP contribution in [0, 0.1) is 0 Å². The van der Waals surface area contributed by atoms with Crippen LogP contribution in [-0.2, 0) is 13.0 Å². The Morgan fingerprint density at radius 3 is 3.08 bits per heavy atom. The summed E-state index contributed by atoms with van der Waals surface area (Å²) < 4.78 is 0. The summed E-state index contributed by atoms with van der Waals surface area (Å²) in [6, 6.07) is 0. The number of hydrogen-bond donors (Lipinski definition) is 2. The molecule has 1 aromatic rings. The molecule has 0 amide bonds. The van der Waals surface area contributed by atoms with Crippen LogP contribution in [0.3, 0.4) is 0 Å². The molecule has 0 bridgehead atoms. The Morgan fingerprint density at radius 1 is 1.67 bits per heavy atom. The van der Waals surface area contributed by atoms with Gasteiger partial charge in [-0.15, -0.1) is 11.3 Å². The lowest BCUT2D eigenvalue weighted by molar-refractivity contribution is 0.692. The molecule has 0 radical (unpaired) electrons. The quantitative estimate of drug-likeness (QED) is 0.666. The maximum Gasteiger partial charge on any atom is 0.107 e. The van der Waals surface area contributed by atoms with Crippen molar-refractivity contribution in [3.05, 3.63) is 16.1 Å². The first-order valence-electron chi connectivity index (χ1n) is 4.21. The van der Waals surface area contributed by atoms with Crippen molar-refractivity contribution < 1.29 is 0 Å². The Hall–Kier alpha value is -0.450. The maximum atomic E-state index is 5.34. The van der Waals surface area contributed by atoms with Crippen LogP contribution in [0.2, 0.25) is 0 Å². The van der Waals surface area contributed by atoms with E-state index in [9.17, 15) is 0 Å². The van der Waals surface area contributed by atoms with Gasteiger partial charge in [0.1, 0.15) is 5.01 Å². The molecule has 68 valence electrons. The highest BCUT2D eigenvalue weighted by Gasteiger charge is 1.98. The first-order chi connectivity index (χ1) is 5.86. The van der Waals surface area contributed by atoms with E-state index in [-0.39, 0.29) is 0 Å². The van der Waals surface area contributed by atoms with Crippen LogP contribution in [-0.4, -0.2) is 18.1 Å². The molecule has 0 fully saturated rings. The Kier molecular flexibility index (Phi) is 4.21. The van der Waals surface area contributed by atoms with Gasteiger partial charge in [-0.25, -0.2) is 4.98 Å². The van der Waals surface area contributed by atoms with Gasteiger partial charge >= 0.3 is 0 Å². The van der Waals surface area contributed by atoms with Gasteiger partial charge in [-0.2, -0.15) is 0 Å². The van der Waals surface area contributed by atoms with Gasteiger partial charge in [0.2, 0.25) is 0 Å². The highest BCUT2D eigenvalue weighted by atomic mass is 32.1. The molecule has 4 heteroatoms. The largest absolute Gasteiger partial charge is 0.329 e. The summed E-state index contributed by atoms with van der Waals surface area (Å²) in [5.74, 6) is 0. The molecule has 0 unspecified atom stereocenters. The minimum Gasteiger partial charge on any atom is -0.329 e. The van der Waals surface area contributed by atoms with E-state index in [0.717, 1.165) is 24.5 Å². The minimum absolute atomic E-state index is 0.687. The Bertz CT molecular complexity index is 222. The molecule has 0 aliphatic heterocycles. The Balaban J connectivity index is 2.31. The summed E-state index contributed by atoms with van der Waals surface area (Å²) in [6.45, 7) is 4.54. The lowest BCUT2D eigenvalue weighted by Crippen LogP contribution is -2.21. The molecule has 1 heterocycles. The number of hydrogen-bond acceptors (Lipinski definition) is 4. The molecule has 0 saturated heterocycles. The van der Waals surface area contributed by atoms with Crippen molar-refractivity contribution in [2.45, 2.75) is 19.9 Å². The first-order valence-corrected chi connectivity index (χ1v) is 5.02. The first kappa shape index (κ1) is 9.64. The summed E-state index contributed by atoms with van der Waals surface area (Å²) in [6.07, 6.45) is 3.03. The zero-order valence-electron chi connectivity index (χ0n) is 7.34. The molecule has 0 atom stereocenters. The zero-order valence-corrected chi connectivity index (χ0v) is 8.16. The SMILES string of the molecule is CCc1cnc(CNCCN)s1. The highest BCUT2D eigenvalue weighted by Crippen LogP contribution is 2.12. The molecular weight excluding hydrogens is 170 g/mol. The van der Waals surface area contributed by atoms with Gasteiger partial charge in [0.25, 0.3) is 0 Å². The summed E-state index contributed by atoms with van der Waals surface area (Å²) in [7, 11) is 0. The zero-order chi connectivity index (χ0) is 8.81. The fourth-order valence-corrected chi connectivity index (χ4v) is 1.72. The number of thiazole rings is 1. The number of nitrogens with one attached hydrogen (secondary N) is 1. The number of nitrogens with zero attached hydrogens (tertiary/aromatic N) is 1. The van der Waals surface area contributed by atoms with Crippen molar-refractivity contribution >= 4 is 11.3 Å². The van der Waals surface area contributed by atoms with E-state index < -0.39 is 0 Å². The second kappa shape index (κ2) is 5.24. The number of rotatable bonds is 5. The molecule has 1 aromatic heterocycles. The van der Waals surface area contributed by atoms with Crippen molar-refractivity contribution in [3.8, 4) is 0 Å². The normalized spacial score (nSPS) is 10.5. The van der Waals surface area contributed by atoms with Crippen molar-refractivity contribution in [1.29, 1.82) is 0 Å². The summed E-state index contributed by atoms with van der Waals surface area (Å²) >= 11 is 1.77. The molecule has 0 saturated carbocycles. The maximum absolute atomic E-state index is 5.34. The van der Waals surface area contributed by atoms with E-state index in [1.54, 1.807) is 11.3 Å². The van der Waals surface area contributed by atoms with Crippen LogP contribution in [0.5, 0.6) is 0 Å². The molecule has 0 aliphatic rings. The Labute approximate surface area is 77.0 Å². The number of nitrogens with two attached hydrogens (primary N) is 1. The topological polar surface area (TPSA) is 50.9 Å². The predicted molar refractivity (Wildman–Crippen MR) is 52.3 cm³/mol. The molecule has 0 aliphatic carbocycles. The van der Waals surface area contributed by atoms with E-state index in [1.165, 1.54) is 4.88 Å². The third-order valence-electron chi connectivity index (χ3n) is 1.55. The van der Waals surface area contributed by atoms with Gasteiger partial charge in [-0.1, -0.05) is 6.92 Å². The Morgan fingerprint density at radius 2 is 2.50 bits per heavy atom. The molecule has 3 N–H and O–H groups in total. The van der Waals surface area contributed by atoms with E-state index in [1.807, 2.05) is 6.20 Å². The molecular formula is C8H15N3S. The predicted octanol–water partition coefficient (Wildman–Crippen LogP) is 0.754. The van der Waals surface area contributed by atoms with Gasteiger partial charge < -0.3 is 11.1 Å². The van der Waals surface area contributed by atoms with Gasteiger partial charge in [0.15, 0.2) is 0 Å². The summed E-state index contributed by atoms with van der Waals surface area (Å²) in [4.78, 5) is 5.62. The molecule has 12 heavy (non-hydrogen) atoms. The third-order valence-corrected chi connectivity index (χ3v) is 2.69. The highest BCUT2D eigenvalue weighted by molar-refractivity contribution is 7.11. The third kappa shape index (κ3) is 2.89. The van der Waals surface area contributed by atoms with Gasteiger partial charge in [-0.3, -0.25) is 0 Å². The van der Waals surface area contributed by atoms with Gasteiger partial charge in [0, 0.05) is 30.7 Å². The van der Waals surface area contributed by atoms with Crippen LogP contribution < -0.4 is 11.1 Å². The lowest BCUT2D eigenvalue weighted by Gasteiger charge is -1.97. The van der Waals surface area contributed by atoms with E-state index in [4.69, 9.17) is 5.73 Å². The van der Waals surface area contributed by atoms with Crippen molar-refractivity contribution in [1.82, 2.24) is 10.3 Å². The van der Waals surface area contributed by atoms with Crippen molar-refractivity contribution in [3.63, 3.8) is 0 Å². The average molecular weight is 185 g/mol. The van der Waals surface area contributed by atoms with Crippen LogP contribution in [0.15, 0.2) is 6.20 Å². The van der Waals surface area contributed by atoms with Crippen LogP contribution in [0.4, 0.5) is 0 Å². The molecule has 0 spiro atoms. The monoisotopic (exact) mass is 185 g/mol. The minimum atomic E-state index is 0.687. The standard InChI is InChI=1S/C8H15N3S/c1-2-7-5-11-8(12-7)6-10-4-3-9/h5,10H,2-4,6,9H2,1H3. The van der Waals surface area contributed by atoms with Crippen molar-refractivity contribution in [2.24, 2.45) is 5.73 Å². The molecule has 1 rings (SSSR count). The summed E-state index contributed by atoms with van der Waals surface area (Å²) in [5, 5.41) is 4.36. The lowest BCUT2D eigenvalue weighted by atomic mass is 10.4. The number of aryl methyl sites for hydroxylation is 1. The van der Waals surface area contributed by atoms with Crippen molar-refractivity contribution in [2.75, 3.05) is 13.1 Å². The molecule has 0 aromatic carbocycles. The summed E-state index contributed by atoms with van der Waals surface area (Å²) in [5.41, 5.74) is 5.34. The smallest absolute Gasteiger partial charge is 0.107 e. The second-order valence-electron chi connectivity index (χ2n) is 2.54. The fraction of sp³-hybridized carbons (Fsp3) is 0.625. The van der Waals surface area contributed by atoms with E-state index in [0.29, 0.717) is 6.54 Å². The van der Waals surface area contributed by atoms with Crippen LogP contribution >= 0.6 is 11.3 Å². The fourth-order valence-electron chi connectivity index (χ4n) is 0.891. The average Bonchev–Trinajstić information content (AvgIpc) is 2.53. The van der Waals surface area contributed by atoms with Crippen LogP contribution in [0.1, 0.15) is 16.8 Å².